The fourth-order valence-electron chi connectivity index (χ4n) is 3.36. The number of benzene rings is 3. The lowest BCUT2D eigenvalue weighted by atomic mass is 10.1. The summed E-state index contributed by atoms with van der Waals surface area (Å²) < 4.78 is 52.0. The fourth-order valence-corrected chi connectivity index (χ4v) is 4.81. The topological polar surface area (TPSA) is 82.8 Å². The minimum absolute atomic E-state index is 0.0535. The molecule has 0 spiro atoms. The van der Waals surface area contributed by atoms with Crippen LogP contribution in [0.2, 0.25) is 0 Å². The largest absolute Gasteiger partial charge is 0.480 e. The van der Waals surface area contributed by atoms with Crippen LogP contribution >= 0.6 is 31.9 Å². The molecule has 37 heavy (non-hydrogen) atoms. The Labute approximate surface area is 224 Å². The van der Waals surface area contributed by atoms with Crippen LogP contribution in [0.5, 0.6) is 5.75 Å². The highest BCUT2D eigenvalue weighted by Crippen LogP contribution is 2.35. The molecule has 0 N–H and O–H groups in total. The molecule has 0 saturated carbocycles. The van der Waals surface area contributed by atoms with E-state index in [4.69, 9.17) is 4.74 Å². The Morgan fingerprint density at radius 1 is 1.08 bits per heavy atom. The summed E-state index contributed by atoms with van der Waals surface area (Å²) in [5.74, 6) is -0.270. The number of halogens is 5. The third kappa shape index (κ3) is 5.91. The number of aromatic nitrogens is 2. The fraction of sp³-hybridized carbons (Fsp3) is 0.120. The maximum absolute atomic E-state index is 13.4. The Morgan fingerprint density at radius 2 is 1.78 bits per heavy atom. The van der Waals surface area contributed by atoms with Crippen LogP contribution in [-0.4, -0.2) is 35.6 Å². The number of para-hydroxylation sites is 1. The molecule has 12 heteroatoms. The van der Waals surface area contributed by atoms with Gasteiger partial charge in [-0.2, -0.15) is 22.9 Å². The van der Waals surface area contributed by atoms with Crippen LogP contribution in [0.25, 0.3) is 22.3 Å². The van der Waals surface area contributed by atoms with Crippen molar-refractivity contribution < 1.29 is 27.4 Å². The van der Waals surface area contributed by atoms with Crippen molar-refractivity contribution in [2.75, 3.05) is 13.7 Å². The lowest BCUT2D eigenvalue weighted by Crippen LogP contribution is -2.20. The minimum Gasteiger partial charge on any atom is -0.480 e. The van der Waals surface area contributed by atoms with E-state index in [2.05, 4.69) is 46.7 Å². The van der Waals surface area contributed by atoms with Gasteiger partial charge in [-0.3, -0.25) is 4.79 Å². The summed E-state index contributed by atoms with van der Waals surface area (Å²) in [5.41, 5.74) is -0.518. The number of carbonyl (C=O) groups excluding carboxylic acids is 1. The molecule has 0 unspecified atom stereocenters. The molecule has 0 saturated heterocycles. The second kappa shape index (κ2) is 10.9. The van der Waals surface area contributed by atoms with Crippen LogP contribution < -0.4 is 10.3 Å². The van der Waals surface area contributed by atoms with Gasteiger partial charge in [0.2, 0.25) is 0 Å². The van der Waals surface area contributed by atoms with Gasteiger partial charge in [-0.05, 0) is 73.8 Å². The molecule has 3 aromatic carbocycles. The Hall–Kier alpha value is -3.51. The van der Waals surface area contributed by atoms with E-state index in [9.17, 15) is 22.8 Å². The third-order valence-electron chi connectivity index (χ3n) is 5.11. The van der Waals surface area contributed by atoms with Gasteiger partial charge in [0.25, 0.3) is 5.56 Å². The van der Waals surface area contributed by atoms with E-state index in [0.717, 1.165) is 16.8 Å². The lowest BCUT2D eigenvalue weighted by Gasteiger charge is -2.12. The highest BCUT2D eigenvalue weighted by molar-refractivity contribution is 9.11. The SMILES string of the molecule is COC(=O)COc1c(Br)cc(C=Nn2c(-c3cccc(C(F)(F)F)c3)nc3ccccc3c2=O)cc1Br. The second-order valence-electron chi connectivity index (χ2n) is 7.57. The van der Waals surface area contributed by atoms with E-state index >= 15 is 0 Å². The molecule has 0 atom stereocenters. The zero-order chi connectivity index (χ0) is 26.7. The van der Waals surface area contributed by atoms with Gasteiger partial charge in [0.05, 0.1) is 38.7 Å². The molecule has 4 rings (SSSR count). The Balaban J connectivity index is 1.81. The highest BCUT2D eigenvalue weighted by atomic mass is 79.9. The molecule has 190 valence electrons. The summed E-state index contributed by atoms with van der Waals surface area (Å²) in [6, 6.07) is 14.3. The van der Waals surface area contributed by atoms with Crippen LogP contribution in [0.1, 0.15) is 11.1 Å². The predicted octanol–water partition coefficient (Wildman–Crippen LogP) is 6.04. The van der Waals surface area contributed by atoms with Gasteiger partial charge in [-0.25, -0.2) is 9.78 Å². The van der Waals surface area contributed by atoms with Crippen molar-refractivity contribution in [1.82, 2.24) is 9.66 Å². The maximum atomic E-state index is 13.4. The summed E-state index contributed by atoms with van der Waals surface area (Å²) >= 11 is 6.73. The standard InChI is InChI=1S/C25H16Br2F3N3O4/c1-36-21(34)13-37-22-18(26)9-14(10-19(22)27)12-31-33-23(15-5-4-6-16(11-15)25(28,29)30)32-20-8-3-2-7-17(20)24(33)35/h2-12H,13H2,1H3. The van der Waals surface area contributed by atoms with Crippen molar-refractivity contribution in [2.45, 2.75) is 6.18 Å². The van der Waals surface area contributed by atoms with E-state index in [0.29, 0.717) is 25.8 Å². The quantitative estimate of drug-likeness (QED) is 0.190. The summed E-state index contributed by atoms with van der Waals surface area (Å²) in [5, 5.41) is 4.53. The molecule has 1 aromatic heterocycles. The Kier molecular flexibility index (Phi) is 7.79. The molecular weight excluding hydrogens is 623 g/mol. The Bertz CT molecular complexity index is 1560. The van der Waals surface area contributed by atoms with Crippen LogP contribution in [0.4, 0.5) is 13.2 Å². The molecule has 4 aromatic rings. The van der Waals surface area contributed by atoms with Crippen LogP contribution in [0.3, 0.4) is 0 Å². The van der Waals surface area contributed by atoms with Gasteiger partial charge in [-0.1, -0.05) is 24.3 Å². The molecular formula is C25H16Br2F3N3O4. The van der Waals surface area contributed by atoms with Crippen molar-refractivity contribution in [3.8, 4) is 17.1 Å². The van der Waals surface area contributed by atoms with Gasteiger partial charge < -0.3 is 9.47 Å². The van der Waals surface area contributed by atoms with Gasteiger partial charge in [0.15, 0.2) is 12.4 Å². The molecule has 0 aliphatic heterocycles. The van der Waals surface area contributed by atoms with E-state index in [1.165, 1.54) is 25.5 Å². The number of alkyl halides is 3. The number of rotatable bonds is 6. The number of esters is 1. The smallest absolute Gasteiger partial charge is 0.416 e. The minimum atomic E-state index is -4.57. The van der Waals surface area contributed by atoms with Gasteiger partial charge in [0.1, 0.15) is 5.75 Å². The molecule has 0 aliphatic carbocycles. The van der Waals surface area contributed by atoms with E-state index in [1.54, 1.807) is 36.4 Å². The van der Waals surface area contributed by atoms with Crippen LogP contribution in [0, 0.1) is 0 Å². The zero-order valence-electron chi connectivity index (χ0n) is 18.9. The first kappa shape index (κ1) is 26.6. The normalized spacial score (nSPS) is 11.7. The number of nitrogens with zero attached hydrogens (tertiary/aromatic N) is 3. The third-order valence-corrected chi connectivity index (χ3v) is 6.28. The predicted molar refractivity (Wildman–Crippen MR) is 139 cm³/mol. The number of ether oxygens (including phenoxy) is 2. The Morgan fingerprint density at radius 3 is 2.46 bits per heavy atom. The van der Waals surface area contributed by atoms with Crippen molar-refractivity contribution in [3.05, 3.63) is 91.1 Å². The summed E-state index contributed by atoms with van der Waals surface area (Å²) in [7, 11) is 1.24. The average Bonchev–Trinajstić information content (AvgIpc) is 2.87. The van der Waals surface area contributed by atoms with E-state index in [1.807, 2.05) is 0 Å². The first-order chi connectivity index (χ1) is 17.6. The molecule has 0 bridgehead atoms. The molecule has 0 radical (unpaired) electrons. The maximum Gasteiger partial charge on any atom is 0.416 e. The lowest BCUT2D eigenvalue weighted by molar-refractivity contribution is -0.143. The first-order valence-electron chi connectivity index (χ1n) is 10.5. The van der Waals surface area contributed by atoms with Crippen molar-refractivity contribution in [3.63, 3.8) is 0 Å². The van der Waals surface area contributed by atoms with Crippen molar-refractivity contribution in [1.29, 1.82) is 0 Å². The van der Waals surface area contributed by atoms with Gasteiger partial charge in [0, 0.05) is 5.56 Å². The van der Waals surface area contributed by atoms with Crippen molar-refractivity contribution >= 4 is 54.9 Å². The monoisotopic (exact) mass is 637 g/mol. The van der Waals surface area contributed by atoms with Crippen LogP contribution in [0.15, 0.2) is 79.5 Å². The summed E-state index contributed by atoms with van der Waals surface area (Å²) in [4.78, 5) is 29.1. The number of hydrogen-bond donors (Lipinski definition) is 0. The molecule has 7 nitrogen and oxygen atoms in total. The number of methoxy groups -OCH3 is 1. The zero-order valence-corrected chi connectivity index (χ0v) is 22.1. The first-order valence-corrected chi connectivity index (χ1v) is 12.1. The van der Waals surface area contributed by atoms with Crippen LogP contribution in [-0.2, 0) is 15.7 Å². The summed E-state index contributed by atoms with van der Waals surface area (Å²) in [6.07, 6.45) is -3.22. The highest BCUT2D eigenvalue weighted by Gasteiger charge is 2.31. The van der Waals surface area contributed by atoms with Gasteiger partial charge >= 0.3 is 12.1 Å². The molecule has 1 heterocycles. The average molecular weight is 639 g/mol. The number of carbonyl (C=O) groups is 1. The van der Waals surface area contributed by atoms with E-state index in [-0.39, 0.29) is 23.4 Å². The number of hydrogen-bond acceptors (Lipinski definition) is 6. The molecule has 0 fully saturated rings. The molecule has 0 aliphatic rings. The van der Waals surface area contributed by atoms with Crippen molar-refractivity contribution in [2.24, 2.45) is 5.10 Å². The second-order valence-corrected chi connectivity index (χ2v) is 9.28. The number of fused-ring (bicyclic) bond motifs is 1. The summed E-state index contributed by atoms with van der Waals surface area (Å²) in [6.45, 7) is -0.306. The van der Waals surface area contributed by atoms with E-state index < -0.39 is 23.3 Å². The molecule has 0 amide bonds. The van der Waals surface area contributed by atoms with Gasteiger partial charge in [-0.15, -0.1) is 0 Å².